The normalized spacial score (nSPS) is 10.0. The molecule has 2 rings (SSSR count). The molecule has 0 saturated heterocycles. The van der Waals surface area contributed by atoms with Gasteiger partial charge in [-0.05, 0) is 6.07 Å². The van der Waals surface area contributed by atoms with E-state index in [4.69, 9.17) is 0 Å². The van der Waals surface area contributed by atoms with E-state index in [1.165, 1.54) is 12.4 Å². The summed E-state index contributed by atoms with van der Waals surface area (Å²) in [6.45, 7) is 0. The first-order chi connectivity index (χ1) is 8.63. The Balaban J connectivity index is 2.08. The minimum atomic E-state index is -0.652. The van der Waals surface area contributed by atoms with Gasteiger partial charge in [0.2, 0.25) is 11.9 Å². The van der Waals surface area contributed by atoms with Gasteiger partial charge in [0, 0.05) is 24.2 Å². The van der Waals surface area contributed by atoms with E-state index in [0.717, 1.165) is 6.07 Å². The fourth-order valence-electron chi connectivity index (χ4n) is 1.32. The van der Waals surface area contributed by atoms with Crippen molar-refractivity contribution in [2.45, 2.75) is 6.42 Å². The Labute approximate surface area is 100 Å². The number of nitrogens with one attached hydrogen (secondary N) is 3. The molecule has 0 saturated carbocycles. The Morgan fingerprint density at radius 1 is 1.22 bits per heavy atom. The van der Waals surface area contributed by atoms with Crippen molar-refractivity contribution < 1.29 is 4.79 Å². The van der Waals surface area contributed by atoms with Gasteiger partial charge in [-0.3, -0.25) is 19.9 Å². The molecular formula is C10H9N5O3. The number of nitrogens with zero attached hydrogens (tertiary/aromatic N) is 2. The Morgan fingerprint density at radius 2 is 1.94 bits per heavy atom. The third-order valence-electron chi connectivity index (χ3n) is 1.98. The molecule has 8 heteroatoms. The summed E-state index contributed by atoms with van der Waals surface area (Å²) in [6, 6.07) is 2.76. The van der Waals surface area contributed by atoms with E-state index in [2.05, 4.69) is 20.3 Å². The maximum absolute atomic E-state index is 11.6. The molecule has 2 aromatic rings. The molecule has 0 fully saturated rings. The zero-order chi connectivity index (χ0) is 13.0. The zero-order valence-electron chi connectivity index (χ0n) is 9.14. The number of anilines is 1. The van der Waals surface area contributed by atoms with E-state index >= 15 is 0 Å². The van der Waals surface area contributed by atoms with Crippen molar-refractivity contribution in [1.29, 1.82) is 0 Å². The van der Waals surface area contributed by atoms with Crippen LogP contribution in [0.5, 0.6) is 0 Å². The van der Waals surface area contributed by atoms with Gasteiger partial charge in [0.1, 0.15) is 0 Å². The average Bonchev–Trinajstić information content (AvgIpc) is 2.28. The summed E-state index contributed by atoms with van der Waals surface area (Å²) >= 11 is 0. The molecule has 0 aliphatic carbocycles. The topological polar surface area (TPSA) is 121 Å². The van der Waals surface area contributed by atoms with E-state index in [1.54, 1.807) is 6.07 Å². The summed E-state index contributed by atoms with van der Waals surface area (Å²) in [6.07, 6.45) is 2.83. The third kappa shape index (κ3) is 3.11. The van der Waals surface area contributed by atoms with Gasteiger partial charge in [0.15, 0.2) is 0 Å². The van der Waals surface area contributed by atoms with Crippen LogP contribution in [0.25, 0.3) is 0 Å². The fraction of sp³-hybridized carbons (Fsp3) is 0.100. The van der Waals surface area contributed by atoms with Crippen LogP contribution in [0.4, 0.5) is 5.95 Å². The predicted molar refractivity (Wildman–Crippen MR) is 62.0 cm³/mol. The molecule has 2 aromatic heterocycles. The predicted octanol–water partition coefficient (Wildman–Crippen LogP) is -0.966. The average molecular weight is 247 g/mol. The molecule has 0 unspecified atom stereocenters. The zero-order valence-corrected chi connectivity index (χ0v) is 9.14. The summed E-state index contributed by atoms with van der Waals surface area (Å²) in [5.74, 6) is -0.267. The molecule has 0 atom stereocenters. The summed E-state index contributed by atoms with van der Waals surface area (Å²) in [5, 5.41) is 2.43. The molecule has 8 nitrogen and oxygen atoms in total. The lowest BCUT2D eigenvalue weighted by molar-refractivity contribution is -0.115. The number of hydrogen-bond donors (Lipinski definition) is 3. The lowest BCUT2D eigenvalue weighted by Crippen LogP contribution is -2.25. The minimum Gasteiger partial charge on any atom is -0.311 e. The Bertz CT molecular complexity index is 633. The SMILES string of the molecule is O=C(Cc1cc(=O)[nH]c(=O)[nH]1)Nc1ncccn1. The monoisotopic (exact) mass is 247 g/mol. The molecular weight excluding hydrogens is 238 g/mol. The molecule has 0 aliphatic heterocycles. The smallest absolute Gasteiger partial charge is 0.311 e. The highest BCUT2D eigenvalue weighted by Crippen LogP contribution is 1.96. The first kappa shape index (κ1) is 11.7. The first-order valence-electron chi connectivity index (χ1n) is 5.03. The van der Waals surface area contributed by atoms with Crippen LogP contribution in [0.15, 0.2) is 34.1 Å². The van der Waals surface area contributed by atoms with E-state index in [9.17, 15) is 14.4 Å². The van der Waals surface area contributed by atoms with Crippen molar-refractivity contribution in [3.8, 4) is 0 Å². The van der Waals surface area contributed by atoms with Gasteiger partial charge < -0.3 is 4.98 Å². The van der Waals surface area contributed by atoms with Gasteiger partial charge in [0.05, 0.1) is 6.42 Å². The molecule has 0 bridgehead atoms. The molecule has 0 spiro atoms. The highest BCUT2D eigenvalue weighted by atomic mass is 16.2. The molecule has 92 valence electrons. The van der Waals surface area contributed by atoms with Gasteiger partial charge >= 0.3 is 5.69 Å². The lowest BCUT2D eigenvalue weighted by Gasteiger charge is -2.02. The maximum Gasteiger partial charge on any atom is 0.325 e. The summed E-state index contributed by atoms with van der Waals surface area (Å²) in [5.41, 5.74) is -0.990. The van der Waals surface area contributed by atoms with Crippen molar-refractivity contribution in [3.05, 3.63) is 51.1 Å². The van der Waals surface area contributed by atoms with Gasteiger partial charge in [-0.1, -0.05) is 0 Å². The first-order valence-corrected chi connectivity index (χ1v) is 5.03. The molecule has 1 amide bonds. The molecule has 0 aliphatic rings. The van der Waals surface area contributed by atoms with Gasteiger partial charge in [-0.25, -0.2) is 14.8 Å². The van der Waals surface area contributed by atoms with E-state index in [-0.39, 0.29) is 18.1 Å². The third-order valence-corrected chi connectivity index (χ3v) is 1.98. The number of carbonyl (C=O) groups excluding carboxylic acids is 1. The van der Waals surface area contributed by atoms with Crippen LogP contribution in [0, 0.1) is 0 Å². The number of rotatable bonds is 3. The number of H-pyrrole nitrogens is 2. The van der Waals surface area contributed by atoms with E-state index in [1.807, 2.05) is 4.98 Å². The number of aromatic nitrogens is 4. The van der Waals surface area contributed by atoms with Crippen molar-refractivity contribution in [2.24, 2.45) is 0 Å². The summed E-state index contributed by atoms with van der Waals surface area (Å²) < 4.78 is 0. The maximum atomic E-state index is 11.6. The van der Waals surface area contributed by atoms with E-state index in [0.29, 0.717) is 0 Å². The minimum absolute atomic E-state index is 0.141. The van der Waals surface area contributed by atoms with E-state index < -0.39 is 17.2 Å². The van der Waals surface area contributed by atoms with Crippen LogP contribution in [0.2, 0.25) is 0 Å². The Morgan fingerprint density at radius 3 is 2.61 bits per heavy atom. The van der Waals surface area contributed by atoms with Crippen LogP contribution in [0.1, 0.15) is 5.69 Å². The van der Waals surface area contributed by atoms with Crippen LogP contribution in [0.3, 0.4) is 0 Å². The second-order valence-electron chi connectivity index (χ2n) is 3.41. The fourth-order valence-corrected chi connectivity index (χ4v) is 1.32. The largest absolute Gasteiger partial charge is 0.325 e. The number of aromatic amines is 2. The van der Waals surface area contributed by atoms with Crippen LogP contribution < -0.4 is 16.6 Å². The highest BCUT2D eigenvalue weighted by molar-refractivity contribution is 5.90. The number of carbonyl (C=O) groups is 1. The van der Waals surface area contributed by atoms with Crippen molar-refractivity contribution in [1.82, 2.24) is 19.9 Å². The standard InChI is InChI=1S/C10H9N5O3/c16-7(14-9-11-2-1-3-12-9)4-6-5-8(17)15-10(18)13-6/h1-3,5H,4H2,(H,11,12,14,16)(H2,13,15,17,18). The molecule has 3 N–H and O–H groups in total. The van der Waals surface area contributed by atoms with Crippen LogP contribution in [-0.2, 0) is 11.2 Å². The van der Waals surface area contributed by atoms with Crippen molar-refractivity contribution in [2.75, 3.05) is 5.32 Å². The van der Waals surface area contributed by atoms with Gasteiger partial charge in [-0.15, -0.1) is 0 Å². The highest BCUT2D eigenvalue weighted by Gasteiger charge is 2.06. The van der Waals surface area contributed by atoms with Crippen LogP contribution in [-0.4, -0.2) is 25.8 Å². The Kier molecular flexibility index (Phi) is 3.28. The summed E-state index contributed by atoms with van der Waals surface area (Å²) in [7, 11) is 0. The second kappa shape index (κ2) is 5.04. The quantitative estimate of drug-likeness (QED) is 0.644. The van der Waals surface area contributed by atoms with Crippen molar-refractivity contribution >= 4 is 11.9 Å². The number of amides is 1. The lowest BCUT2D eigenvalue weighted by atomic mass is 10.3. The van der Waals surface area contributed by atoms with Crippen molar-refractivity contribution in [3.63, 3.8) is 0 Å². The van der Waals surface area contributed by atoms with Gasteiger partial charge in [0.25, 0.3) is 5.56 Å². The Hall–Kier alpha value is -2.77. The number of hydrogen-bond acceptors (Lipinski definition) is 5. The molecule has 2 heterocycles. The van der Waals surface area contributed by atoms with Crippen LogP contribution >= 0.6 is 0 Å². The molecule has 0 aromatic carbocycles. The molecule has 18 heavy (non-hydrogen) atoms. The second-order valence-corrected chi connectivity index (χ2v) is 3.41. The van der Waals surface area contributed by atoms with Gasteiger partial charge in [-0.2, -0.15) is 0 Å². The summed E-state index contributed by atoms with van der Waals surface area (Å²) in [4.78, 5) is 45.6. The molecule has 0 radical (unpaired) electrons.